The van der Waals surface area contributed by atoms with Crippen LogP contribution in [-0.4, -0.2) is 39.9 Å². The van der Waals surface area contributed by atoms with Crippen molar-refractivity contribution in [3.8, 4) is 0 Å². The van der Waals surface area contributed by atoms with E-state index >= 15 is 0 Å². The average molecular weight is 260 g/mol. The summed E-state index contributed by atoms with van der Waals surface area (Å²) in [6.45, 7) is 1.36. The summed E-state index contributed by atoms with van der Waals surface area (Å²) in [5, 5.41) is 0. The molecule has 2 heterocycles. The summed E-state index contributed by atoms with van der Waals surface area (Å²) in [7, 11) is 0. The summed E-state index contributed by atoms with van der Waals surface area (Å²) >= 11 is 0. The largest absolute Gasteiger partial charge is 0.355 e. The second-order valence-corrected chi connectivity index (χ2v) is 3.76. The zero-order chi connectivity index (χ0) is 13.2. The van der Waals surface area contributed by atoms with E-state index in [1.807, 2.05) is 0 Å². The molecule has 2 rings (SSSR count). The number of ether oxygens (including phenoxy) is 2. The van der Waals surface area contributed by atoms with Gasteiger partial charge in [0.1, 0.15) is 18.4 Å². The van der Waals surface area contributed by atoms with Crippen molar-refractivity contribution in [3.63, 3.8) is 0 Å². The molecule has 0 saturated heterocycles. The van der Waals surface area contributed by atoms with Crippen molar-refractivity contribution in [2.75, 3.05) is 20.0 Å². The maximum atomic E-state index is 5.33. The van der Waals surface area contributed by atoms with Crippen LogP contribution >= 0.6 is 0 Å². The minimum absolute atomic E-state index is 0.264. The van der Waals surface area contributed by atoms with Gasteiger partial charge >= 0.3 is 0 Å². The molecule has 6 heteroatoms. The lowest BCUT2D eigenvalue weighted by atomic mass is 10.4. The van der Waals surface area contributed by atoms with Crippen molar-refractivity contribution in [1.29, 1.82) is 0 Å². The maximum absolute atomic E-state index is 5.33. The molecule has 6 nitrogen and oxygen atoms in total. The van der Waals surface area contributed by atoms with Crippen LogP contribution in [0.4, 0.5) is 0 Å². The highest BCUT2D eigenvalue weighted by atomic mass is 16.7. The van der Waals surface area contributed by atoms with Crippen LogP contribution in [0, 0.1) is 0 Å². The van der Waals surface area contributed by atoms with E-state index in [1.165, 1.54) is 0 Å². The Morgan fingerprint density at radius 1 is 0.684 bits per heavy atom. The SMILES string of the molecule is c1cnc(CCOCOCCc2ncccn2)nc1. The van der Waals surface area contributed by atoms with Crippen LogP contribution in [0.15, 0.2) is 36.9 Å². The number of hydrogen-bond donors (Lipinski definition) is 0. The standard InChI is InChI=1S/C13H16N4O2/c1-5-14-12(15-6-1)3-9-18-11-19-10-4-13-16-7-2-8-17-13/h1-2,5-8H,3-4,9-11H2. The molecule has 0 fully saturated rings. The molecular weight excluding hydrogens is 244 g/mol. The van der Waals surface area contributed by atoms with Gasteiger partial charge < -0.3 is 9.47 Å². The minimum atomic E-state index is 0.264. The van der Waals surface area contributed by atoms with Crippen LogP contribution in [0.25, 0.3) is 0 Å². The van der Waals surface area contributed by atoms with E-state index in [1.54, 1.807) is 36.9 Å². The molecule has 100 valence electrons. The molecular formula is C13H16N4O2. The molecule has 2 aromatic rings. The predicted octanol–water partition coefficient (Wildman–Crippen LogP) is 1.04. The van der Waals surface area contributed by atoms with E-state index in [4.69, 9.17) is 9.47 Å². The normalized spacial score (nSPS) is 10.5. The Kier molecular flexibility index (Phi) is 5.85. The molecule has 0 N–H and O–H groups in total. The lowest BCUT2D eigenvalue weighted by molar-refractivity contribution is -0.0522. The van der Waals surface area contributed by atoms with E-state index in [-0.39, 0.29) is 6.79 Å². The first kappa shape index (κ1) is 13.5. The van der Waals surface area contributed by atoms with E-state index in [9.17, 15) is 0 Å². The highest BCUT2D eigenvalue weighted by molar-refractivity contribution is 4.88. The molecule has 0 aliphatic heterocycles. The number of rotatable bonds is 8. The van der Waals surface area contributed by atoms with Gasteiger partial charge in [-0.1, -0.05) is 0 Å². The molecule has 0 saturated carbocycles. The monoisotopic (exact) mass is 260 g/mol. The van der Waals surface area contributed by atoms with Crippen LogP contribution in [-0.2, 0) is 22.3 Å². The van der Waals surface area contributed by atoms with Crippen molar-refractivity contribution in [1.82, 2.24) is 19.9 Å². The van der Waals surface area contributed by atoms with Gasteiger partial charge in [-0.2, -0.15) is 0 Å². The van der Waals surface area contributed by atoms with Gasteiger partial charge in [-0.25, -0.2) is 19.9 Å². The van der Waals surface area contributed by atoms with Crippen molar-refractivity contribution < 1.29 is 9.47 Å². The highest BCUT2D eigenvalue weighted by Gasteiger charge is 1.97. The van der Waals surface area contributed by atoms with Gasteiger partial charge in [-0.15, -0.1) is 0 Å². The van der Waals surface area contributed by atoms with Crippen molar-refractivity contribution in [2.24, 2.45) is 0 Å². The molecule has 0 unspecified atom stereocenters. The summed E-state index contributed by atoms with van der Waals surface area (Å²) in [6, 6.07) is 3.58. The fraction of sp³-hybridized carbons (Fsp3) is 0.385. The summed E-state index contributed by atoms with van der Waals surface area (Å²) in [5.74, 6) is 1.56. The molecule has 0 atom stereocenters. The Bertz CT molecular complexity index is 409. The molecule has 0 aliphatic carbocycles. The van der Waals surface area contributed by atoms with Gasteiger partial charge in [0, 0.05) is 37.6 Å². The van der Waals surface area contributed by atoms with Crippen LogP contribution in [0.1, 0.15) is 11.6 Å². The van der Waals surface area contributed by atoms with Gasteiger partial charge in [0.2, 0.25) is 0 Å². The first-order chi connectivity index (χ1) is 9.45. The van der Waals surface area contributed by atoms with Crippen molar-refractivity contribution in [2.45, 2.75) is 12.8 Å². The number of aromatic nitrogens is 4. The second-order valence-electron chi connectivity index (χ2n) is 3.76. The number of hydrogen-bond acceptors (Lipinski definition) is 6. The van der Waals surface area contributed by atoms with Gasteiger partial charge in [-0.3, -0.25) is 0 Å². The molecule has 2 aromatic heterocycles. The minimum Gasteiger partial charge on any atom is -0.355 e. The van der Waals surface area contributed by atoms with E-state index in [2.05, 4.69) is 19.9 Å². The number of nitrogens with zero attached hydrogens (tertiary/aromatic N) is 4. The van der Waals surface area contributed by atoms with Gasteiger partial charge in [0.25, 0.3) is 0 Å². The van der Waals surface area contributed by atoms with E-state index in [0.29, 0.717) is 26.1 Å². The van der Waals surface area contributed by atoms with Gasteiger partial charge in [0.05, 0.1) is 13.2 Å². The van der Waals surface area contributed by atoms with Gasteiger partial charge in [0.15, 0.2) is 0 Å². The Labute approximate surface area is 111 Å². The van der Waals surface area contributed by atoms with Crippen LogP contribution < -0.4 is 0 Å². The summed E-state index contributed by atoms with van der Waals surface area (Å²) in [6.07, 6.45) is 8.26. The molecule has 0 aliphatic rings. The third-order valence-corrected chi connectivity index (χ3v) is 2.35. The third-order valence-electron chi connectivity index (χ3n) is 2.35. The van der Waals surface area contributed by atoms with Crippen molar-refractivity contribution in [3.05, 3.63) is 48.6 Å². The molecule has 0 bridgehead atoms. The third kappa shape index (κ3) is 5.50. The van der Waals surface area contributed by atoms with Crippen molar-refractivity contribution >= 4 is 0 Å². The molecule has 19 heavy (non-hydrogen) atoms. The molecule has 0 spiro atoms. The Morgan fingerprint density at radius 2 is 1.11 bits per heavy atom. The van der Waals surface area contributed by atoms with E-state index < -0.39 is 0 Å². The quantitative estimate of drug-likeness (QED) is 0.522. The second kappa shape index (κ2) is 8.23. The summed E-state index contributed by atoms with van der Waals surface area (Å²) in [4.78, 5) is 16.4. The van der Waals surface area contributed by atoms with Crippen LogP contribution in [0.2, 0.25) is 0 Å². The lowest BCUT2D eigenvalue weighted by Crippen LogP contribution is -2.08. The predicted molar refractivity (Wildman–Crippen MR) is 68.2 cm³/mol. The van der Waals surface area contributed by atoms with E-state index in [0.717, 1.165) is 11.6 Å². The molecule has 0 amide bonds. The first-order valence-corrected chi connectivity index (χ1v) is 6.12. The smallest absolute Gasteiger partial charge is 0.146 e. The van der Waals surface area contributed by atoms with Crippen LogP contribution in [0.3, 0.4) is 0 Å². The zero-order valence-electron chi connectivity index (χ0n) is 10.6. The maximum Gasteiger partial charge on any atom is 0.146 e. The summed E-state index contributed by atoms with van der Waals surface area (Å²) < 4.78 is 10.7. The Hall–Kier alpha value is -1.92. The highest BCUT2D eigenvalue weighted by Crippen LogP contribution is 1.92. The Morgan fingerprint density at radius 3 is 1.53 bits per heavy atom. The molecule has 0 radical (unpaired) electrons. The summed E-state index contributed by atoms with van der Waals surface area (Å²) in [5.41, 5.74) is 0. The first-order valence-electron chi connectivity index (χ1n) is 6.12. The fourth-order valence-corrected chi connectivity index (χ4v) is 1.42. The van der Waals surface area contributed by atoms with Gasteiger partial charge in [-0.05, 0) is 12.1 Å². The topological polar surface area (TPSA) is 70.0 Å². The zero-order valence-corrected chi connectivity index (χ0v) is 10.6. The van der Waals surface area contributed by atoms with Crippen LogP contribution in [0.5, 0.6) is 0 Å². The fourth-order valence-electron chi connectivity index (χ4n) is 1.42. The molecule has 0 aromatic carbocycles. The Balaban J connectivity index is 1.49. The average Bonchev–Trinajstić information content (AvgIpc) is 2.48. The lowest BCUT2D eigenvalue weighted by Gasteiger charge is -2.04.